The third-order valence-electron chi connectivity index (χ3n) is 2.17. The Kier molecular flexibility index (Phi) is 3.38. The van der Waals surface area contributed by atoms with Gasteiger partial charge in [0.1, 0.15) is 4.66 Å². The summed E-state index contributed by atoms with van der Waals surface area (Å²) in [4.78, 5) is 0. The predicted molar refractivity (Wildman–Crippen MR) is 54.1 cm³/mol. The Morgan fingerprint density at radius 2 is 2.23 bits per heavy atom. The maximum atomic E-state index is 11.4. The van der Waals surface area contributed by atoms with E-state index in [0.29, 0.717) is 13.0 Å². The molecule has 1 heterocycles. The average Bonchev–Trinajstić information content (AvgIpc) is 2.03. The molecule has 0 aromatic heterocycles. The van der Waals surface area contributed by atoms with Crippen LogP contribution in [-0.2, 0) is 10.0 Å². The molecule has 1 saturated heterocycles. The Balaban J connectivity index is 2.73. The normalized spacial score (nSPS) is 31.9. The number of piperidine rings is 1. The quantitative estimate of drug-likeness (QED) is 0.745. The van der Waals surface area contributed by atoms with Crippen molar-refractivity contribution in [3.8, 4) is 0 Å². The van der Waals surface area contributed by atoms with Crippen LogP contribution in [-0.4, -0.2) is 41.2 Å². The molecule has 1 atom stereocenters. The molecule has 1 N–H and O–H groups in total. The van der Waals surface area contributed by atoms with Gasteiger partial charge in [-0.3, -0.25) is 0 Å². The molecule has 0 spiro atoms. The molecule has 4 nitrogen and oxygen atoms in total. The number of alkyl halides is 1. The summed E-state index contributed by atoms with van der Waals surface area (Å²) in [5.41, 5.74) is -0.868. The van der Waals surface area contributed by atoms with Gasteiger partial charge in [-0.25, -0.2) is 8.42 Å². The summed E-state index contributed by atoms with van der Waals surface area (Å²) in [6, 6.07) is 0. The zero-order valence-electron chi connectivity index (χ0n) is 7.53. The van der Waals surface area contributed by atoms with Crippen molar-refractivity contribution in [2.24, 2.45) is 0 Å². The first kappa shape index (κ1) is 11.4. The molecule has 0 radical (unpaired) electrons. The van der Waals surface area contributed by atoms with Crippen molar-refractivity contribution in [2.45, 2.75) is 25.4 Å². The second-order valence-electron chi connectivity index (χ2n) is 3.66. The highest BCUT2D eigenvalue weighted by Crippen LogP contribution is 2.22. The van der Waals surface area contributed by atoms with Gasteiger partial charge in [0.05, 0.1) is 5.60 Å². The van der Waals surface area contributed by atoms with Crippen molar-refractivity contribution in [1.82, 2.24) is 4.31 Å². The van der Waals surface area contributed by atoms with Crippen molar-refractivity contribution < 1.29 is 13.5 Å². The second-order valence-corrected chi connectivity index (χ2v) is 6.93. The fourth-order valence-electron chi connectivity index (χ4n) is 1.48. The van der Waals surface area contributed by atoms with Crippen molar-refractivity contribution >= 4 is 26.0 Å². The van der Waals surface area contributed by atoms with E-state index >= 15 is 0 Å². The van der Waals surface area contributed by atoms with Crippen molar-refractivity contribution in [3.05, 3.63) is 0 Å². The standard InChI is InChI=1S/C7H14BrNO3S/c1-7(10)3-2-4-9(5-7)13(11,12)6-8/h10H,2-6H2,1H3. The van der Waals surface area contributed by atoms with E-state index in [0.717, 1.165) is 6.42 Å². The molecular weight excluding hydrogens is 258 g/mol. The van der Waals surface area contributed by atoms with Crippen LogP contribution in [0.25, 0.3) is 0 Å². The molecule has 13 heavy (non-hydrogen) atoms. The van der Waals surface area contributed by atoms with E-state index in [9.17, 15) is 13.5 Å². The monoisotopic (exact) mass is 271 g/mol. The molecule has 0 aliphatic carbocycles. The number of nitrogens with zero attached hydrogens (tertiary/aromatic N) is 1. The van der Waals surface area contributed by atoms with Gasteiger partial charge in [-0.15, -0.1) is 0 Å². The molecule has 1 aliphatic rings. The lowest BCUT2D eigenvalue weighted by molar-refractivity contribution is 0.00955. The fraction of sp³-hybridized carbons (Fsp3) is 1.00. The van der Waals surface area contributed by atoms with E-state index in [1.165, 1.54) is 4.31 Å². The Labute approximate surface area is 87.1 Å². The molecule has 1 aliphatic heterocycles. The summed E-state index contributed by atoms with van der Waals surface area (Å²) < 4.78 is 24.1. The summed E-state index contributed by atoms with van der Waals surface area (Å²) in [5, 5.41) is 9.68. The Morgan fingerprint density at radius 3 is 2.69 bits per heavy atom. The first-order valence-electron chi connectivity index (χ1n) is 4.14. The van der Waals surface area contributed by atoms with Gasteiger partial charge in [0.25, 0.3) is 0 Å². The number of sulfonamides is 1. The largest absolute Gasteiger partial charge is 0.389 e. The van der Waals surface area contributed by atoms with Crippen molar-refractivity contribution in [1.29, 1.82) is 0 Å². The highest BCUT2D eigenvalue weighted by Gasteiger charge is 2.33. The lowest BCUT2D eigenvalue weighted by Gasteiger charge is -2.35. The van der Waals surface area contributed by atoms with E-state index in [2.05, 4.69) is 15.9 Å². The molecule has 78 valence electrons. The zero-order valence-corrected chi connectivity index (χ0v) is 9.94. The second kappa shape index (κ2) is 3.84. The summed E-state index contributed by atoms with van der Waals surface area (Å²) in [6.07, 6.45) is 1.39. The van der Waals surface area contributed by atoms with Crippen LogP contribution in [0.3, 0.4) is 0 Å². The zero-order chi connectivity index (χ0) is 10.1. The maximum Gasteiger partial charge on any atom is 0.224 e. The molecule has 1 unspecified atom stereocenters. The number of hydrogen-bond acceptors (Lipinski definition) is 3. The maximum absolute atomic E-state index is 11.4. The topological polar surface area (TPSA) is 57.6 Å². The van der Waals surface area contributed by atoms with Gasteiger partial charge in [-0.05, 0) is 19.8 Å². The Bertz CT molecular complexity index is 275. The molecule has 1 rings (SSSR count). The average molecular weight is 272 g/mol. The highest BCUT2D eigenvalue weighted by molar-refractivity contribution is 9.10. The van der Waals surface area contributed by atoms with Gasteiger partial charge in [0.2, 0.25) is 10.0 Å². The van der Waals surface area contributed by atoms with Gasteiger partial charge in [0, 0.05) is 13.1 Å². The summed E-state index contributed by atoms with van der Waals surface area (Å²) >= 11 is 2.93. The lowest BCUT2D eigenvalue weighted by Crippen LogP contribution is -2.48. The first-order chi connectivity index (χ1) is 5.87. The van der Waals surface area contributed by atoms with Crippen LogP contribution < -0.4 is 0 Å². The van der Waals surface area contributed by atoms with Gasteiger partial charge in [-0.2, -0.15) is 4.31 Å². The van der Waals surface area contributed by atoms with Crippen LogP contribution in [0.5, 0.6) is 0 Å². The lowest BCUT2D eigenvalue weighted by atomic mass is 9.97. The minimum Gasteiger partial charge on any atom is -0.389 e. The van der Waals surface area contributed by atoms with E-state index in [1.54, 1.807) is 6.92 Å². The number of halogens is 1. The smallest absolute Gasteiger partial charge is 0.224 e. The number of rotatable bonds is 2. The SMILES string of the molecule is CC1(O)CCCN(S(=O)(=O)CBr)C1. The van der Waals surface area contributed by atoms with Gasteiger partial charge < -0.3 is 5.11 Å². The van der Waals surface area contributed by atoms with E-state index in [-0.39, 0.29) is 11.2 Å². The van der Waals surface area contributed by atoms with Crippen LogP contribution in [0.1, 0.15) is 19.8 Å². The van der Waals surface area contributed by atoms with Crippen LogP contribution in [0, 0.1) is 0 Å². The highest BCUT2D eigenvalue weighted by atomic mass is 79.9. The van der Waals surface area contributed by atoms with E-state index in [4.69, 9.17) is 0 Å². The molecule has 0 saturated carbocycles. The number of β-amino-alcohol motifs (C(OH)–C–C–N with tert-alkyl or cyclic N) is 1. The molecule has 6 heteroatoms. The van der Waals surface area contributed by atoms with Crippen LogP contribution in [0.2, 0.25) is 0 Å². The summed E-state index contributed by atoms with van der Waals surface area (Å²) in [5.74, 6) is 0. The minimum absolute atomic E-state index is 0.0733. The van der Waals surface area contributed by atoms with Gasteiger partial charge in [-0.1, -0.05) is 15.9 Å². The minimum atomic E-state index is -3.20. The number of aliphatic hydroxyl groups is 1. The third kappa shape index (κ3) is 2.90. The van der Waals surface area contributed by atoms with Crippen molar-refractivity contribution in [2.75, 3.05) is 17.8 Å². The Morgan fingerprint density at radius 1 is 1.62 bits per heavy atom. The van der Waals surface area contributed by atoms with E-state index in [1.807, 2.05) is 0 Å². The molecule has 0 amide bonds. The molecule has 1 fully saturated rings. The van der Waals surface area contributed by atoms with Crippen LogP contribution in [0.15, 0.2) is 0 Å². The summed E-state index contributed by atoms with van der Waals surface area (Å²) in [7, 11) is -3.20. The molecule has 0 aromatic rings. The molecule has 0 bridgehead atoms. The van der Waals surface area contributed by atoms with Crippen molar-refractivity contribution in [3.63, 3.8) is 0 Å². The molecular formula is C7H14BrNO3S. The predicted octanol–water partition coefficient (Wildman–Crippen LogP) is 0.515. The third-order valence-corrected chi connectivity index (χ3v) is 5.28. The van der Waals surface area contributed by atoms with E-state index < -0.39 is 15.6 Å². The summed E-state index contributed by atoms with van der Waals surface area (Å²) in [6.45, 7) is 2.40. The molecule has 0 aromatic carbocycles. The van der Waals surface area contributed by atoms with Crippen LogP contribution in [0.4, 0.5) is 0 Å². The number of hydrogen-bond donors (Lipinski definition) is 1. The fourth-order valence-corrected chi connectivity index (χ4v) is 3.37. The Hall–Kier alpha value is 0.350. The first-order valence-corrected chi connectivity index (χ1v) is 6.87. The van der Waals surface area contributed by atoms with Crippen LogP contribution >= 0.6 is 15.9 Å². The van der Waals surface area contributed by atoms with Gasteiger partial charge >= 0.3 is 0 Å². The van der Waals surface area contributed by atoms with Gasteiger partial charge in [0.15, 0.2) is 0 Å².